The van der Waals surface area contributed by atoms with E-state index in [4.69, 9.17) is 5.26 Å². The fourth-order valence-corrected chi connectivity index (χ4v) is 4.93. The molecule has 3 aromatic rings. The highest BCUT2D eigenvalue weighted by atomic mass is 32.2. The molecule has 2 amide bonds. The van der Waals surface area contributed by atoms with E-state index in [2.05, 4.69) is 0 Å². The predicted molar refractivity (Wildman–Crippen MR) is 110 cm³/mol. The van der Waals surface area contributed by atoms with Crippen LogP contribution >= 0.6 is 0 Å². The number of hydrogen-bond donors (Lipinski definition) is 0. The lowest BCUT2D eigenvalue weighted by atomic mass is 10.1. The van der Waals surface area contributed by atoms with Crippen molar-refractivity contribution >= 4 is 27.4 Å². The van der Waals surface area contributed by atoms with Crippen molar-refractivity contribution in [1.82, 2.24) is 0 Å². The molecule has 0 saturated heterocycles. The topological polar surface area (TPSA) is 81.5 Å². The average molecular weight is 421 g/mol. The molecule has 0 atom stereocenters. The molecule has 0 N–H and O–H groups in total. The molecule has 3 aromatic carbocycles. The van der Waals surface area contributed by atoms with Crippen LogP contribution in [0.5, 0.6) is 0 Å². The Labute approximate surface area is 173 Å². The van der Waals surface area contributed by atoms with Crippen molar-refractivity contribution in [3.63, 3.8) is 0 Å². The number of carbonyl (C=O) groups is 1. The van der Waals surface area contributed by atoms with Crippen LogP contribution in [0.1, 0.15) is 16.7 Å². The predicted octanol–water partition coefficient (Wildman–Crippen LogP) is 4.34. The number of amides is 2. The van der Waals surface area contributed by atoms with Gasteiger partial charge in [-0.2, -0.15) is 9.57 Å². The standard InChI is InChI=1S/C22H16FN3O3S/c1-15-9-10-18(12-19(15)23)26-22(27)25(14-17-6-4-5-16(11-17)13-24)20-7-2-3-8-21(20)30(26,28)29/h2-12H,14H2,1H3. The minimum atomic E-state index is -4.23. The number of nitrogens with zero attached hydrogens (tertiary/aromatic N) is 3. The smallest absolute Gasteiger partial charge is 0.287 e. The lowest BCUT2D eigenvalue weighted by Gasteiger charge is -2.36. The summed E-state index contributed by atoms with van der Waals surface area (Å²) < 4.78 is 41.2. The maximum atomic E-state index is 14.2. The molecule has 1 aliphatic rings. The molecule has 6 nitrogen and oxygen atoms in total. The van der Waals surface area contributed by atoms with Crippen LogP contribution < -0.4 is 9.21 Å². The number of benzene rings is 3. The molecule has 0 fully saturated rings. The summed E-state index contributed by atoms with van der Waals surface area (Å²) in [4.78, 5) is 14.6. The fourth-order valence-electron chi connectivity index (χ4n) is 3.34. The molecular formula is C22H16FN3O3S. The van der Waals surface area contributed by atoms with Crippen LogP contribution in [0.3, 0.4) is 0 Å². The first-order chi connectivity index (χ1) is 14.3. The van der Waals surface area contributed by atoms with E-state index in [1.54, 1.807) is 49.4 Å². The summed E-state index contributed by atoms with van der Waals surface area (Å²) in [5, 5.41) is 9.13. The number of urea groups is 1. The average Bonchev–Trinajstić information content (AvgIpc) is 2.74. The molecular weight excluding hydrogens is 405 g/mol. The van der Waals surface area contributed by atoms with Crippen LogP contribution in [0.4, 0.5) is 20.6 Å². The Hall–Kier alpha value is -3.70. The van der Waals surface area contributed by atoms with Gasteiger partial charge in [0.15, 0.2) is 0 Å². The number of carbonyl (C=O) groups excluding carboxylic acids is 1. The molecule has 0 saturated carbocycles. The normalized spacial score (nSPS) is 14.9. The quantitative estimate of drug-likeness (QED) is 0.630. The molecule has 0 aliphatic carbocycles. The molecule has 1 aliphatic heterocycles. The molecule has 1 heterocycles. The van der Waals surface area contributed by atoms with Crippen molar-refractivity contribution in [2.75, 3.05) is 9.21 Å². The van der Waals surface area contributed by atoms with Gasteiger partial charge in [0.2, 0.25) is 0 Å². The first kappa shape index (κ1) is 19.6. The first-order valence-electron chi connectivity index (χ1n) is 9.04. The Morgan fingerprint density at radius 3 is 2.53 bits per heavy atom. The number of para-hydroxylation sites is 1. The minimum absolute atomic E-state index is 0.0474. The third-order valence-electron chi connectivity index (χ3n) is 4.87. The van der Waals surface area contributed by atoms with Crippen molar-refractivity contribution < 1.29 is 17.6 Å². The summed E-state index contributed by atoms with van der Waals surface area (Å²) in [6.07, 6.45) is 0. The van der Waals surface area contributed by atoms with E-state index in [1.165, 1.54) is 23.1 Å². The van der Waals surface area contributed by atoms with Crippen molar-refractivity contribution in [1.29, 1.82) is 5.26 Å². The van der Waals surface area contributed by atoms with E-state index in [0.29, 0.717) is 21.0 Å². The number of nitriles is 1. The molecule has 4 rings (SSSR count). The van der Waals surface area contributed by atoms with E-state index in [-0.39, 0.29) is 22.8 Å². The van der Waals surface area contributed by atoms with E-state index in [1.807, 2.05) is 6.07 Å². The van der Waals surface area contributed by atoms with Crippen molar-refractivity contribution in [3.8, 4) is 6.07 Å². The Balaban J connectivity index is 1.87. The summed E-state index contributed by atoms with van der Waals surface area (Å²) in [5.41, 5.74) is 1.58. The van der Waals surface area contributed by atoms with Crippen LogP contribution in [-0.4, -0.2) is 14.4 Å². The van der Waals surface area contributed by atoms with E-state index >= 15 is 0 Å². The van der Waals surface area contributed by atoms with Crippen LogP contribution in [0.25, 0.3) is 0 Å². The molecule has 8 heteroatoms. The Kier molecular flexibility index (Phi) is 4.76. The molecule has 0 unspecified atom stereocenters. The number of rotatable bonds is 3. The third-order valence-corrected chi connectivity index (χ3v) is 6.61. The van der Waals surface area contributed by atoms with Gasteiger partial charge in [0, 0.05) is 0 Å². The molecule has 0 radical (unpaired) electrons. The highest BCUT2D eigenvalue weighted by Crippen LogP contribution is 2.38. The van der Waals surface area contributed by atoms with Crippen LogP contribution in [0, 0.1) is 24.1 Å². The van der Waals surface area contributed by atoms with Gasteiger partial charge in [-0.1, -0.05) is 30.3 Å². The molecule has 0 bridgehead atoms. The van der Waals surface area contributed by atoms with Gasteiger partial charge in [-0.15, -0.1) is 0 Å². The second kappa shape index (κ2) is 7.28. The van der Waals surface area contributed by atoms with Crippen molar-refractivity contribution in [3.05, 3.63) is 89.2 Å². The fraction of sp³-hybridized carbons (Fsp3) is 0.0909. The largest absolute Gasteiger partial charge is 0.343 e. The Morgan fingerprint density at radius 1 is 1.03 bits per heavy atom. The first-order valence-corrected chi connectivity index (χ1v) is 10.5. The number of aryl methyl sites for hydroxylation is 1. The van der Waals surface area contributed by atoms with Gasteiger partial charge >= 0.3 is 6.03 Å². The summed E-state index contributed by atoms with van der Waals surface area (Å²) in [7, 11) is -4.23. The van der Waals surface area contributed by atoms with E-state index in [9.17, 15) is 17.6 Å². The molecule has 0 spiro atoms. The molecule has 150 valence electrons. The van der Waals surface area contributed by atoms with Crippen LogP contribution in [0.2, 0.25) is 0 Å². The monoisotopic (exact) mass is 421 g/mol. The number of hydrogen-bond acceptors (Lipinski definition) is 4. The zero-order chi connectivity index (χ0) is 21.5. The summed E-state index contributed by atoms with van der Waals surface area (Å²) in [5.74, 6) is -0.609. The summed E-state index contributed by atoms with van der Waals surface area (Å²) >= 11 is 0. The zero-order valence-electron chi connectivity index (χ0n) is 15.9. The van der Waals surface area contributed by atoms with E-state index in [0.717, 1.165) is 6.07 Å². The Morgan fingerprint density at radius 2 is 1.80 bits per heavy atom. The molecule has 0 aromatic heterocycles. The van der Waals surface area contributed by atoms with Crippen molar-refractivity contribution in [2.24, 2.45) is 0 Å². The highest BCUT2D eigenvalue weighted by Gasteiger charge is 2.42. The maximum Gasteiger partial charge on any atom is 0.343 e. The van der Waals surface area contributed by atoms with Gasteiger partial charge in [-0.3, -0.25) is 4.90 Å². The van der Waals surface area contributed by atoms with Gasteiger partial charge < -0.3 is 0 Å². The lowest BCUT2D eigenvalue weighted by molar-refractivity contribution is 0.253. The second-order valence-electron chi connectivity index (χ2n) is 6.85. The second-order valence-corrected chi connectivity index (χ2v) is 8.61. The van der Waals surface area contributed by atoms with Gasteiger partial charge in [0.25, 0.3) is 10.0 Å². The number of sulfonamides is 1. The zero-order valence-corrected chi connectivity index (χ0v) is 16.7. The van der Waals surface area contributed by atoms with Gasteiger partial charge in [0.1, 0.15) is 10.7 Å². The Bertz CT molecular complexity index is 1320. The van der Waals surface area contributed by atoms with Gasteiger partial charge in [-0.05, 0) is 54.4 Å². The van der Waals surface area contributed by atoms with Crippen LogP contribution in [0.15, 0.2) is 71.6 Å². The van der Waals surface area contributed by atoms with Crippen molar-refractivity contribution in [2.45, 2.75) is 18.4 Å². The highest BCUT2D eigenvalue weighted by molar-refractivity contribution is 7.94. The maximum absolute atomic E-state index is 14.2. The summed E-state index contributed by atoms with van der Waals surface area (Å²) in [6.45, 7) is 1.60. The third kappa shape index (κ3) is 3.19. The lowest BCUT2D eigenvalue weighted by Crippen LogP contribution is -2.50. The summed E-state index contributed by atoms with van der Waals surface area (Å²) in [6, 6.07) is 18.0. The van der Waals surface area contributed by atoms with Crippen LogP contribution in [-0.2, 0) is 16.6 Å². The van der Waals surface area contributed by atoms with Gasteiger partial charge in [0.05, 0.1) is 29.6 Å². The number of anilines is 2. The number of fused-ring (bicyclic) bond motifs is 1. The SMILES string of the molecule is Cc1ccc(N2C(=O)N(Cc3cccc(C#N)c3)c3ccccc3S2(=O)=O)cc1F. The van der Waals surface area contributed by atoms with E-state index < -0.39 is 21.9 Å². The van der Waals surface area contributed by atoms with Gasteiger partial charge in [-0.25, -0.2) is 17.6 Å². The minimum Gasteiger partial charge on any atom is -0.287 e. The molecule has 30 heavy (non-hydrogen) atoms. The number of halogens is 1.